The molecule has 20 heavy (non-hydrogen) atoms. The Labute approximate surface area is 129 Å². The van der Waals surface area contributed by atoms with Gasteiger partial charge in [-0.1, -0.05) is 25.5 Å². The smallest absolute Gasteiger partial charge is 0.125 e. The predicted octanol–water partition coefficient (Wildman–Crippen LogP) is 4.93. The van der Waals surface area contributed by atoms with Gasteiger partial charge in [-0.05, 0) is 37.1 Å². The van der Waals surface area contributed by atoms with Crippen LogP contribution >= 0.6 is 23.4 Å². The van der Waals surface area contributed by atoms with Crippen molar-refractivity contribution in [2.75, 3.05) is 5.75 Å². The Bertz CT molecular complexity index is 608. The second-order valence-electron chi connectivity index (χ2n) is 5.47. The predicted molar refractivity (Wildman–Crippen MR) is 88.8 cm³/mol. The Morgan fingerprint density at radius 2 is 2.25 bits per heavy atom. The van der Waals surface area contributed by atoms with Crippen molar-refractivity contribution in [3.8, 4) is 0 Å². The van der Waals surface area contributed by atoms with Crippen molar-refractivity contribution < 1.29 is 0 Å². The van der Waals surface area contributed by atoms with Gasteiger partial charge in [-0.25, -0.2) is 4.98 Å². The first-order valence-corrected chi connectivity index (χ1v) is 8.98. The lowest BCUT2D eigenvalue weighted by atomic mass is 10.1. The van der Waals surface area contributed by atoms with Gasteiger partial charge in [0.2, 0.25) is 0 Å². The van der Waals surface area contributed by atoms with Crippen LogP contribution in [-0.2, 0) is 5.88 Å². The van der Waals surface area contributed by atoms with Gasteiger partial charge in [0.15, 0.2) is 0 Å². The van der Waals surface area contributed by atoms with Crippen molar-refractivity contribution in [2.45, 2.75) is 50.3 Å². The van der Waals surface area contributed by atoms with E-state index in [9.17, 15) is 0 Å². The third-order valence-corrected chi connectivity index (χ3v) is 5.78. The number of alkyl halides is 1. The number of imidazole rings is 1. The quantitative estimate of drug-likeness (QED) is 0.745. The topological polar surface area (TPSA) is 17.8 Å². The largest absolute Gasteiger partial charge is 0.323 e. The fourth-order valence-electron chi connectivity index (χ4n) is 3.43. The number of thioether (sulfide) groups is 1. The van der Waals surface area contributed by atoms with Crippen molar-refractivity contribution in [1.29, 1.82) is 0 Å². The number of rotatable bonds is 4. The molecule has 2 unspecified atom stereocenters. The van der Waals surface area contributed by atoms with Crippen molar-refractivity contribution in [1.82, 2.24) is 9.55 Å². The lowest BCUT2D eigenvalue weighted by Gasteiger charge is -2.23. The highest BCUT2D eigenvalue weighted by molar-refractivity contribution is 7.99. The lowest BCUT2D eigenvalue weighted by Crippen LogP contribution is -2.18. The number of aromatic nitrogens is 2. The number of benzene rings is 1. The maximum atomic E-state index is 6.17. The van der Waals surface area contributed by atoms with E-state index in [4.69, 9.17) is 16.6 Å². The first-order chi connectivity index (χ1) is 9.76. The van der Waals surface area contributed by atoms with Crippen LogP contribution < -0.4 is 0 Å². The van der Waals surface area contributed by atoms with Crippen molar-refractivity contribution in [3.63, 3.8) is 0 Å². The summed E-state index contributed by atoms with van der Waals surface area (Å²) in [6.45, 7) is 4.43. The maximum Gasteiger partial charge on any atom is 0.125 e. The molecule has 4 heteroatoms. The van der Waals surface area contributed by atoms with Gasteiger partial charge in [-0.15, -0.1) is 11.6 Å². The molecule has 0 radical (unpaired) electrons. The lowest BCUT2D eigenvalue weighted by molar-refractivity contribution is 0.527. The molecule has 2 aromatic rings. The fourth-order valence-corrected chi connectivity index (χ4v) is 4.86. The molecular formula is C16H21ClN2S. The standard InChI is InChI=1S/C16H21ClN2S/c1-3-20-14-9-5-8-13(14)19-15(10-17)18-12-7-4-6-11(2)16(12)19/h4,6-7,13-14H,3,5,8-10H2,1-2H3. The Kier molecular flexibility index (Phi) is 4.27. The van der Waals surface area contributed by atoms with Gasteiger partial charge in [-0.2, -0.15) is 11.8 Å². The van der Waals surface area contributed by atoms with Gasteiger partial charge in [0.05, 0.1) is 16.9 Å². The van der Waals surface area contributed by atoms with Gasteiger partial charge in [0.1, 0.15) is 5.82 Å². The average Bonchev–Trinajstić information content (AvgIpc) is 3.03. The highest BCUT2D eigenvalue weighted by atomic mass is 35.5. The molecule has 1 aliphatic rings. The van der Waals surface area contributed by atoms with E-state index in [0.29, 0.717) is 17.2 Å². The Morgan fingerprint density at radius 1 is 1.40 bits per heavy atom. The minimum Gasteiger partial charge on any atom is -0.323 e. The number of hydrogen-bond donors (Lipinski definition) is 0. The SMILES string of the molecule is CCSC1CCCC1n1c(CCl)nc2cccc(C)c21. The summed E-state index contributed by atoms with van der Waals surface area (Å²) in [4.78, 5) is 4.75. The van der Waals surface area contributed by atoms with Crippen molar-refractivity contribution in [3.05, 3.63) is 29.6 Å². The van der Waals surface area contributed by atoms with E-state index >= 15 is 0 Å². The summed E-state index contributed by atoms with van der Waals surface area (Å²) in [7, 11) is 0. The van der Waals surface area contributed by atoms with Gasteiger partial charge in [-0.3, -0.25) is 0 Å². The van der Waals surface area contributed by atoms with Crippen LogP contribution in [0.25, 0.3) is 11.0 Å². The number of aryl methyl sites for hydroxylation is 1. The highest BCUT2D eigenvalue weighted by Crippen LogP contribution is 2.41. The van der Waals surface area contributed by atoms with Gasteiger partial charge >= 0.3 is 0 Å². The summed E-state index contributed by atoms with van der Waals surface area (Å²) in [5, 5.41) is 0.707. The van der Waals surface area contributed by atoms with Crippen LogP contribution in [0.15, 0.2) is 18.2 Å². The van der Waals surface area contributed by atoms with Gasteiger partial charge < -0.3 is 4.57 Å². The Morgan fingerprint density at radius 3 is 3.00 bits per heavy atom. The highest BCUT2D eigenvalue weighted by Gasteiger charge is 2.31. The number of para-hydroxylation sites is 1. The molecule has 1 saturated carbocycles. The van der Waals surface area contributed by atoms with E-state index in [2.05, 4.69) is 48.4 Å². The monoisotopic (exact) mass is 308 g/mol. The van der Waals surface area contributed by atoms with Crippen LogP contribution in [0.1, 0.15) is 43.6 Å². The number of fused-ring (bicyclic) bond motifs is 1. The van der Waals surface area contributed by atoms with E-state index < -0.39 is 0 Å². The molecule has 2 nitrogen and oxygen atoms in total. The molecule has 0 saturated heterocycles. The summed E-state index contributed by atoms with van der Waals surface area (Å²) < 4.78 is 2.44. The summed E-state index contributed by atoms with van der Waals surface area (Å²) in [6.07, 6.45) is 3.88. The molecule has 3 rings (SSSR count). The second-order valence-corrected chi connectivity index (χ2v) is 7.25. The fraction of sp³-hybridized carbons (Fsp3) is 0.562. The van der Waals surface area contributed by atoms with Crippen LogP contribution in [0.3, 0.4) is 0 Å². The zero-order valence-electron chi connectivity index (χ0n) is 12.1. The van der Waals surface area contributed by atoms with E-state index in [1.54, 1.807) is 0 Å². The summed E-state index contributed by atoms with van der Waals surface area (Å²) in [5.41, 5.74) is 3.68. The average molecular weight is 309 g/mol. The molecule has 0 N–H and O–H groups in total. The second kappa shape index (κ2) is 5.98. The van der Waals surface area contributed by atoms with E-state index in [0.717, 1.165) is 11.3 Å². The minimum atomic E-state index is 0.494. The summed E-state index contributed by atoms with van der Waals surface area (Å²) >= 11 is 8.26. The third-order valence-electron chi connectivity index (χ3n) is 4.23. The van der Waals surface area contributed by atoms with E-state index in [1.165, 1.54) is 36.1 Å². The molecule has 1 aromatic carbocycles. The van der Waals surface area contributed by atoms with Crippen molar-refractivity contribution >= 4 is 34.4 Å². The summed E-state index contributed by atoms with van der Waals surface area (Å²) in [6, 6.07) is 6.92. The summed E-state index contributed by atoms with van der Waals surface area (Å²) in [5.74, 6) is 2.71. The van der Waals surface area contributed by atoms with Crippen LogP contribution in [0.4, 0.5) is 0 Å². The molecule has 0 spiro atoms. The normalized spacial score (nSPS) is 22.8. The van der Waals surface area contributed by atoms with E-state index in [1.807, 2.05) is 0 Å². The zero-order chi connectivity index (χ0) is 14.1. The molecule has 0 amide bonds. The molecular weight excluding hydrogens is 288 g/mol. The van der Waals surface area contributed by atoms with Gasteiger partial charge in [0.25, 0.3) is 0 Å². The van der Waals surface area contributed by atoms with Crippen LogP contribution in [0, 0.1) is 6.92 Å². The number of halogens is 1. The van der Waals surface area contributed by atoms with Crippen LogP contribution in [0.5, 0.6) is 0 Å². The molecule has 1 fully saturated rings. The Hall–Kier alpha value is -0.670. The zero-order valence-corrected chi connectivity index (χ0v) is 13.7. The Balaban J connectivity index is 2.13. The molecule has 1 aliphatic carbocycles. The molecule has 0 aliphatic heterocycles. The molecule has 1 aromatic heterocycles. The van der Waals surface area contributed by atoms with E-state index in [-0.39, 0.29) is 0 Å². The first-order valence-electron chi connectivity index (χ1n) is 7.40. The number of hydrogen-bond acceptors (Lipinski definition) is 2. The molecule has 108 valence electrons. The molecule has 0 bridgehead atoms. The maximum absolute atomic E-state index is 6.17. The third kappa shape index (κ3) is 2.35. The van der Waals surface area contributed by atoms with Crippen LogP contribution in [-0.4, -0.2) is 20.6 Å². The minimum absolute atomic E-state index is 0.494. The molecule has 1 heterocycles. The van der Waals surface area contributed by atoms with Crippen LogP contribution in [0.2, 0.25) is 0 Å². The van der Waals surface area contributed by atoms with Gasteiger partial charge in [0, 0.05) is 11.3 Å². The first kappa shape index (κ1) is 14.3. The number of nitrogens with zero attached hydrogens (tertiary/aromatic N) is 2. The van der Waals surface area contributed by atoms with Crippen molar-refractivity contribution in [2.24, 2.45) is 0 Å². The molecule has 2 atom stereocenters.